The summed E-state index contributed by atoms with van der Waals surface area (Å²) in [6.45, 7) is 0. The molecule has 0 N–H and O–H groups in total. The maximum absolute atomic E-state index is 11.2. The lowest BCUT2D eigenvalue weighted by Gasteiger charge is -2.19. The van der Waals surface area contributed by atoms with Crippen LogP contribution in [-0.2, 0) is 11.2 Å². The fourth-order valence-electron chi connectivity index (χ4n) is 1.29. The molecule has 0 amide bonds. The molecule has 0 aliphatic carbocycles. The lowest BCUT2D eigenvalue weighted by Crippen LogP contribution is -2.23. The topological polar surface area (TPSA) is 26.3 Å². The van der Waals surface area contributed by atoms with Crippen LogP contribution in [0.4, 0.5) is 0 Å². The molecular weight excluding hydrogens is 176 g/mol. The molecule has 0 saturated heterocycles. The maximum Gasteiger partial charge on any atom is 0.339 e. The molecule has 1 aliphatic heterocycles. The van der Waals surface area contributed by atoms with Gasteiger partial charge in [0.2, 0.25) is 0 Å². The van der Waals surface area contributed by atoms with Gasteiger partial charge in [0, 0.05) is 6.42 Å². The Bertz CT molecular complexity index is 322. The van der Waals surface area contributed by atoms with Crippen LogP contribution in [0.25, 0.3) is 0 Å². The number of hydrogen-bond acceptors (Lipinski definition) is 2. The summed E-state index contributed by atoms with van der Waals surface area (Å²) in [5, 5.41) is 0. The van der Waals surface area contributed by atoms with Crippen molar-refractivity contribution in [3.63, 3.8) is 0 Å². The van der Waals surface area contributed by atoms with Crippen LogP contribution in [-0.4, -0.2) is 11.5 Å². The predicted octanol–water partition coefficient (Wildman–Crippen LogP) is 1.96. The number of cyclic esters (lactones) is 1. The van der Waals surface area contributed by atoms with Crippen molar-refractivity contribution in [2.45, 2.75) is 12.0 Å². The molecule has 1 atom stereocenters. The Balaban J connectivity index is 2.47. The van der Waals surface area contributed by atoms with Crippen LogP contribution in [0.1, 0.15) is 15.9 Å². The van der Waals surface area contributed by atoms with E-state index in [1.165, 1.54) is 0 Å². The smallest absolute Gasteiger partial charge is 0.339 e. The van der Waals surface area contributed by atoms with Gasteiger partial charge in [-0.05, 0) is 11.6 Å². The van der Waals surface area contributed by atoms with E-state index in [-0.39, 0.29) is 5.97 Å². The second kappa shape index (κ2) is 2.79. The zero-order valence-corrected chi connectivity index (χ0v) is 7.04. The van der Waals surface area contributed by atoms with Crippen molar-refractivity contribution < 1.29 is 9.53 Å². The number of carbonyl (C=O) groups excluding carboxylic acids is 1. The highest BCUT2D eigenvalue weighted by atomic mass is 35.5. The van der Waals surface area contributed by atoms with Crippen LogP contribution in [0.3, 0.4) is 0 Å². The molecular formula is C9H7ClO2. The standard InChI is InChI=1S/C9H7ClO2/c10-8-5-6-3-1-2-4-7(6)9(11)12-8/h1-4,8H,5H2. The molecule has 62 valence electrons. The van der Waals surface area contributed by atoms with Crippen molar-refractivity contribution in [3.05, 3.63) is 35.4 Å². The summed E-state index contributed by atoms with van der Waals surface area (Å²) in [5.74, 6) is -0.322. The van der Waals surface area contributed by atoms with Gasteiger partial charge in [-0.25, -0.2) is 4.79 Å². The van der Waals surface area contributed by atoms with Gasteiger partial charge in [0.05, 0.1) is 5.56 Å². The summed E-state index contributed by atoms with van der Waals surface area (Å²) in [4.78, 5) is 11.2. The first-order valence-corrected chi connectivity index (χ1v) is 4.14. The summed E-state index contributed by atoms with van der Waals surface area (Å²) in [7, 11) is 0. The molecule has 3 heteroatoms. The number of benzene rings is 1. The van der Waals surface area contributed by atoms with Gasteiger partial charge in [-0.1, -0.05) is 29.8 Å². The minimum Gasteiger partial charge on any atom is -0.442 e. The summed E-state index contributed by atoms with van der Waals surface area (Å²) in [6, 6.07) is 7.35. The van der Waals surface area contributed by atoms with Gasteiger partial charge in [0.1, 0.15) is 0 Å². The molecule has 1 aromatic carbocycles. The molecule has 1 aromatic rings. The molecule has 0 saturated carbocycles. The Morgan fingerprint density at radius 2 is 2.17 bits per heavy atom. The van der Waals surface area contributed by atoms with E-state index in [0.717, 1.165) is 5.56 Å². The van der Waals surface area contributed by atoms with Crippen molar-refractivity contribution in [3.8, 4) is 0 Å². The van der Waals surface area contributed by atoms with Crippen molar-refractivity contribution >= 4 is 17.6 Å². The number of fused-ring (bicyclic) bond motifs is 1. The van der Waals surface area contributed by atoms with E-state index < -0.39 is 5.56 Å². The molecule has 0 radical (unpaired) electrons. The van der Waals surface area contributed by atoms with Gasteiger partial charge in [0.15, 0.2) is 5.56 Å². The van der Waals surface area contributed by atoms with Crippen molar-refractivity contribution in [2.75, 3.05) is 0 Å². The van der Waals surface area contributed by atoms with E-state index in [2.05, 4.69) is 0 Å². The van der Waals surface area contributed by atoms with Crippen LogP contribution in [0, 0.1) is 0 Å². The maximum atomic E-state index is 11.2. The van der Waals surface area contributed by atoms with E-state index >= 15 is 0 Å². The quantitative estimate of drug-likeness (QED) is 0.453. The minimum absolute atomic E-state index is 0.322. The molecule has 0 aromatic heterocycles. The van der Waals surface area contributed by atoms with Crippen LogP contribution < -0.4 is 0 Å². The molecule has 2 nitrogen and oxygen atoms in total. The number of carbonyl (C=O) groups is 1. The summed E-state index contributed by atoms with van der Waals surface area (Å²) >= 11 is 5.70. The largest absolute Gasteiger partial charge is 0.442 e. The zero-order chi connectivity index (χ0) is 8.55. The number of esters is 1. The lowest BCUT2D eigenvalue weighted by molar-refractivity contribution is 0.0415. The fourth-order valence-corrected chi connectivity index (χ4v) is 1.54. The first-order valence-electron chi connectivity index (χ1n) is 3.70. The van der Waals surface area contributed by atoms with Gasteiger partial charge in [-0.3, -0.25) is 0 Å². The van der Waals surface area contributed by atoms with Gasteiger partial charge in [0.25, 0.3) is 0 Å². The third kappa shape index (κ3) is 1.18. The first-order chi connectivity index (χ1) is 5.77. The average molecular weight is 183 g/mol. The van der Waals surface area contributed by atoms with Crippen LogP contribution >= 0.6 is 11.6 Å². The normalized spacial score (nSPS) is 21.4. The van der Waals surface area contributed by atoms with E-state index in [9.17, 15) is 4.79 Å². The van der Waals surface area contributed by atoms with Crippen molar-refractivity contribution in [2.24, 2.45) is 0 Å². The number of rotatable bonds is 0. The highest BCUT2D eigenvalue weighted by Crippen LogP contribution is 2.21. The van der Waals surface area contributed by atoms with Gasteiger partial charge >= 0.3 is 5.97 Å². The van der Waals surface area contributed by atoms with Crippen molar-refractivity contribution in [1.29, 1.82) is 0 Å². The number of alkyl halides is 1. The zero-order valence-electron chi connectivity index (χ0n) is 6.29. The Morgan fingerprint density at radius 1 is 1.42 bits per heavy atom. The van der Waals surface area contributed by atoms with E-state index in [0.29, 0.717) is 12.0 Å². The van der Waals surface area contributed by atoms with E-state index in [1.54, 1.807) is 6.07 Å². The number of hydrogen-bond donors (Lipinski definition) is 0. The lowest BCUT2D eigenvalue weighted by atomic mass is 10.0. The SMILES string of the molecule is O=C1OC(Cl)Cc2ccccc21. The Hall–Kier alpha value is -1.02. The highest BCUT2D eigenvalue weighted by Gasteiger charge is 2.23. The Labute approximate surface area is 75.1 Å². The third-order valence-corrected chi connectivity index (χ3v) is 2.10. The molecule has 0 bridgehead atoms. The second-order valence-corrected chi connectivity index (χ2v) is 3.16. The van der Waals surface area contributed by atoms with Crippen LogP contribution in [0.5, 0.6) is 0 Å². The first kappa shape index (κ1) is 7.62. The minimum atomic E-state index is -0.507. The highest BCUT2D eigenvalue weighted by molar-refractivity contribution is 6.21. The predicted molar refractivity (Wildman–Crippen MR) is 45.2 cm³/mol. The molecule has 1 unspecified atom stereocenters. The molecule has 1 heterocycles. The summed E-state index contributed by atoms with van der Waals surface area (Å²) in [6.07, 6.45) is 0.601. The summed E-state index contributed by atoms with van der Waals surface area (Å²) in [5.41, 5.74) is 1.09. The molecule has 1 aliphatic rings. The van der Waals surface area contributed by atoms with E-state index in [4.69, 9.17) is 16.3 Å². The molecule has 0 spiro atoms. The number of ether oxygens (including phenoxy) is 1. The Morgan fingerprint density at radius 3 is 3.00 bits per heavy atom. The van der Waals surface area contributed by atoms with Gasteiger partial charge in [-0.15, -0.1) is 0 Å². The average Bonchev–Trinajstić information content (AvgIpc) is 2.04. The van der Waals surface area contributed by atoms with Gasteiger partial charge in [-0.2, -0.15) is 0 Å². The molecule has 2 rings (SSSR count). The van der Waals surface area contributed by atoms with Crippen molar-refractivity contribution in [1.82, 2.24) is 0 Å². The monoisotopic (exact) mass is 182 g/mol. The fraction of sp³-hybridized carbons (Fsp3) is 0.222. The second-order valence-electron chi connectivity index (χ2n) is 2.68. The summed E-state index contributed by atoms with van der Waals surface area (Å²) < 4.78 is 4.84. The molecule has 0 fully saturated rings. The van der Waals surface area contributed by atoms with E-state index in [1.807, 2.05) is 18.2 Å². The number of halogens is 1. The third-order valence-electron chi connectivity index (χ3n) is 1.85. The molecule has 12 heavy (non-hydrogen) atoms. The van der Waals surface area contributed by atoms with Crippen LogP contribution in [0.15, 0.2) is 24.3 Å². The van der Waals surface area contributed by atoms with Crippen LogP contribution in [0.2, 0.25) is 0 Å². The van der Waals surface area contributed by atoms with Gasteiger partial charge < -0.3 is 4.74 Å². The Kier molecular flexibility index (Phi) is 1.77.